The Morgan fingerprint density at radius 1 is 1.09 bits per heavy atom. The first-order valence-electron chi connectivity index (χ1n) is 7.70. The van der Waals surface area contributed by atoms with E-state index in [9.17, 15) is 4.79 Å². The molecule has 1 amide bonds. The smallest absolute Gasteiger partial charge is 0.261 e. The van der Waals surface area contributed by atoms with Crippen molar-refractivity contribution in [2.45, 2.75) is 18.9 Å². The van der Waals surface area contributed by atoms with Crippen LogP contribution < -0.4 is 19.5 Å². The predicted octanol–water partition coefficient (Wildman–Crippen LogP) is 2.08. The Kier molecular flexibility index (Phi) is 3.54. The maximum absolute atomic E-state index is 12.2. The van der Waals surface area contributed by atoms with Crippen molar-refractivity contribution < 1.29 is 19.0 Å². The quantitative estimate of drug-likeness (QED) is 0.939. The van der Waals surface area contributed by atoms with Crippen LogP contribution in [0.2, 0.25) is 0 Å². The lowest BCUT2D eigenvalue weighted by molar-refractivity contribution is -0.127. The van der Waals surface area contributed by atoms with Crippen LogP contribution in [0.15, 0.2) is 42.5 Å². The standard InChI is InChI=1S/C18H17NO4/c20-18(17-10-13-3-1-2-4-14(13)23-17)19-8-7-12-5-6-15-16(9-12)22-11-21-15/h1-6,9,17H,7-8,10-11H2,(H,19,20)/t17-/m1/s1. The number of hydrogen-bond acceptors (Lipinski definition) is 4. The van der Waals surface area contributed by atoms with Gasteiger partial charge >= 0.3 is 0 Å². The summed E-state index contributed by atoms with van der Waals surface area (Å²) in [4.78, 5) is 12.2. The highest BCUT2D eigenvalue weighted by molar-refractivity contribution is 5.82. The van der Waals surface area contributed by atoms with Crippen LogP contribution in [-0.2, 0) is 17.6 Å². The van der Waals surface area contributed by atoms with Crippen molar-refractivity contribution in [1.29, 1.82) is 0 Å². The van der Waals surface area contributed by atoms with Crippen LogP contribution in [0.1, 0.15) is 11.1 Å². The molecule has 23 heavy (non-hydrogen) atoms. The highest BCUT2D eigenvalue weighted by Crippen LogP contribution is 2.32. The minimum Gasteiger partial charge on any atom is -0.480 e. The van der Waals surface area contributed by atoms with Gasteiger partial charge in [-0.2, -0.15) is 0 Å². The van der Waals surface area contributed by atoms with Crippen molar-refractivity contribution in [1.82, 2.24) is 5.32 Å². The zero-order chi connectivity index (χ0) is 15.6. The van der Waals surface area contributed by atoms with Gasteiger partial charge in [0.2, 0.25) is 6.79 Å². The van der Waals surface area contributed by atoms with Crippen LogP contribution in [0.3, 0.4) is 0 Å². The zero-order valence-corrected chi connectivity index (χ0v) is 12.6. The van der Waals surface area contributed by atoms with Crippen LogP contribution in [0.4, 0.5) is 0 Å². The predicted molar refractivity (Wildman–Crippen MR) is 83.8 cm³/mol. The molecule has 0 fully saturated rings. The van der Waals surface area contributed by atoms with Gasteiger partial charge in [0.15, 0.2) is 17.6 Å². The molecule has 0 aromatic heterocycles. The van der Waals surface area contributed by atoms with Crippen molar-refractivity contribution in [3.63, 3.8) is 0 Å². The molecular weight excluding hydrogens is 294 g/mol. The molecule has 0 bridgehead atoms. The van der Waals surface area contributed by atoms with E-state index in [1.54, 1.807) is 0 Å². The molecule has 118 valence electrons. The third-order valence-corrected chi connectivity index (χ3v) is 4.09. The van der Waals surface area contributed by atoms with E-state index in [0.717, 1.165) is 34.8 Å². The first-order valence-corrected chi connectivity index (χ1v) is 7.70. The molecule has 2 aromatic rings. The summed E-state index contributed by atoms with van der Waals surface area (Å²) in [5, 5.41) is 2.94. The molecule has 2 aromatic carbocycles. The Labute approximate surface area is 134 Å². The third kappa shape index (κ3) is 2.82. The van der Waals surface area contributed by atoms with Crippen LogP contribution in [0.25, 0.3) is 0 Å². The summed E-state index contributed by atoms with van der Waals surface area (Å²) in [6.07, 6.45) is 0.942. The van der Waals surface area contributed by atoms with E-state index in [-0.39, 0.29) is 12.7 Å². The third-order valence-electron chi connectivity index (χ3n) is 4.09. The Hall–Kier alpha value is -2.69. The monoisotopic (exact) mass is 311 g/mol. The van der Waals surface area contributed by atoms with Gasteiger partial charge in [-0.15, -0.1) is 0 Å². The number of fused-ring (bicyclic) bond motifs is 2. The molecule has 0 aliphatic carbocycles. The Morgan fingerprint density at radius 3 is 2.87 bits per heavy atom. The Bertz CT molecular complexity index is 719. The van der Waals surface area contributed by atoms with Crippen LogP contribution in [0, 0.1) is 0 Å². The van der Waals surface area contributed by atoms with Crippen molar-refractivity contribution in [2.24, 2.45) is 0 Å². The molecule has 5 heteroatoms. The second-order valence-corrected chi connectivity index (χ2v) is 5.65. The minimum atomic E-state index is -0.427. The lowest BCUT2D eigenvalue weighted by atomic mass is 10.1. The fraction of sp³-hybridized carbons (Fsp3) is 0.278. The van der Waals surface area contributed by atoms with E-state index in [4.69, 9.17) is 14.2 Å². The van der Waals surface area contributed by atoms with Crippen LogP contribution in [-0.4, -0.2) is 25.3 Å². The molecule has 2 aliphatic rings. The normalized spacial score (nSPS) is 17.5. The number of nitrogens with one attached hydrogen (secondary N) is 1. The summed E-state index contributed by atoms with van der Waals surface area (Å²) in [7, 11) is 0. The van der Waals surface area contributed by atoms with Gasteiger partial charge in [0, 0.05) is 13.0 Å². The second kappa shape index (κ2) is 5.83. The molecule has 1 N–H and O–H groups in total. The number of benzene rings is 2. The molecular formula is C18H17NO4. The molecule has 0 saturated heterocycles. The SMILES string of the molecule is O=C(NCCc1ccc2c(c1)OCO2)[C@H]1Cc2ccccc2O1. The van der Waals surface area contributed by atoms with E-state index < -0.39 is 6.10 Å². The van der Waals surface area contributed by atoms with Crippen molar-refractivity contribution in [3.05, 3.63) is 53.6 Å². The van der Waals surface area contributed by atoms with Gasteiger partial charge in [-0.3, -0.25) is 4.79 Å². The maximum atomic E-state index is 12.2. The first-order chi connectivity index (χ1) is 11.3. The van der Waals surface area contributed by atoms with E-state index in [1.807, 2.05) is 42.5 Å². The van der Waals surface area contributed by atoms with E-state index in [2.05, 4.69) is 5.32 Å². The highest BCUT2D eigenvalue weighted by Gasteiger charge is 2.28. The van der Waals surface area contributed by atoms with E-state index in [0.29, 0.717) is 13.0 Å². The number of ether oxygens (including phenoxy) is 3. The average molecular weight is 311 g/mol. The number of carbonyl (C=O) groups is 1. The molecule has 0 saturated carbocycles. The van der Waals surface area contributed by atoms with Gasteiger partial charge in [0.1, 0.15) is 5.75 Å². The van der Waals surface area contributed by atoms with Gasteiger partial charge in [0.05, 0.1) is 0 Å². The van der Waals surface area contributed by atoms with Crippen LogP contribution in [0.5, 0.6) is 17.2 Å². The number of rotatable bonds is 4. The fourth-order valence-corrected chi connectivity index (χ4v) is 2.87. The van der Waals surface area contributed by atoms with Gasteiger partial charge in [-0.05, 0) is 35.7 Å². The van der Waals surface area contributed by atoms with Gasteiger partial charge < -0.3 is 19.5 Å². The maximum Gasteiger partial charge on any atom is 0.261 e. The molecule has 0 radical (unpaired) electrons. The number of para-hydroxylation sites is 1. The number of amides is 1. The molecule has 0 unspecified atom stereocenters. The summed E-state index contributed by atoms with van der Waals surface area (Å²) in [5.41, 5.74) is 2.19. The summed E-state index contributed by atoms with van der Waals surface area (Å²) in [6.45, 7) is 0.837. The van der Waals surface area contributed by atoms with Crippen LogP contribution >= 0.6 is 0 Å². The second-order valence-electron chi connectivity index (χ2n) is 5.65. The lowest BCUT2D eigenvalue weighted by Crippen LogP contribution is -2.38. The zero-order valence-electron chi connectivity index (χ0n) is 12.6. The van der Waals surface area contributed by atoms with Crippen molar-refractivity contribution in [3.8, 4) is 17.2 Å². The summed E-state index contributed by atoms with van der Waals surface area (Å²) in [6, 6.07) is 13.6. The first kappa shape index (κ1) is 13.9. The van der Waals surface area contributed by atoms with E-state index in [1.165, 1.54) is 0 Å². The fourth-order valence-electron chi connectivity index (χ4n) is 2.87. The molecule has 0 spiro atoms. The average Bonchev–Trinajstić information content (AvgIpc) is 3.20. The van der Waals surface area contributed by atoms with Crippen molar-refractivity contribution >= 4 is 5.91 Å². The summed E-state index contributed by atoms with van der Waals surface area (Å²) in [5.74, 6) is 2.28. The summed E-state index contributed by atoms with van der Waals surface area (Å²) >= 11 is 0. The van der Waals surface area contributed by atoms with Crippen molar-refractivity contribution in [2.75, 3.05) is 13.3 Å². The van der Waals surface area contributed by atoms with Gasteiger partial charge in [-0.1, -0.05) is 24.3 Å². The molecule has 4 rings (SSSR count). The number of hydrogen-bond donors (Lipinski definition) is 1. The van der Waals surface area contributed by atoms with E-state index >= 15 is 0 Å². The highest BCUT2D eigenvalue weighted by atomic mass is 16.7. The largest absolute Gasteiger partial charge is 0.480 e. The topological polar surface area (TPSA) is 56.8 Å². The van der Waals surface area contributed by atoms with Gasteiger partial charge in [0.25, 0.3) is 5.91 Å². The Morgan fingerprint density at radius 2 is 1.96 bits per heavy atom. The molecule has 2 aliphatic heterocycles. The lowest BCUT2D eigenvalue weighted by Gasteiger charge is -2.11. The molecule has 1 atom stereocenters. The molecule has 5 nitrogen and oxygen atoms in total. The minimum absolute atomic E-state index is 0.0676. The Balaban J connectivity index is 1.29. The van der Waals surface area contributed by atoms with Gasteiger partial charge in [-0.25, -0.2) is 0 Å². The molecule has 2 heterocycles. The number of carbonyl (C=O) groups excluding carboxylic acids is 1. The summed E-state index contributed by atoms with van der Waals surface area (Å²) < 4.78 is 16.3.